The molecule has 1 unspecified atom stereocenters. The van der Waals surface area contributed by atoms with E-state index in [1.807, 2.05) is 0 Å². The number of fused-ring (bicyclic) bond motifs is 1. The summed E-state index contributed by atoms with van der Waals surface area (Å²) in [5.74, 6) is -0.519. The Morgan fingerprint density at radius 3 is 2.65 bits per heavy atom. The summed E-state index contributed by atoms with van der Waals surface area (Å²) in [4.78, 5) is 0. The van der Waals surface area contributed by atoms with Crippen molar-refractivity contribution < 1.29 is 23.4 Å². The molecular formula is C15H12F2O3. The van der Waals surface area contributed by atoms with E-state index in [2.05, 4.69) is 0 Å². The second-order valence-electron chi connectivity index (χ2n) is 4.61. The molecule has 0 bridgehead atoms. The number of aliphatic hydroxyl groups is 1. The normalized spacial score (nSPS) is 14.4. The first-order valence-electron chi connectivity index (χ1n) is 6.10. The molecule has 0 spiro atoms. The van der Waals surface area contributed by atoms with E-state index >= 15 is 0 Å². The topological polar surface area (TPSA) is 38.7 Å². The van der Waals surface area contributed by atoms with E-state index in [1.54, 1.807) is 12.1 Å². The molecule has 2 aromatic carbocycles. The zero-order valence-electron chi connectivity index (χ0n) is 10.7. The second kappa shape index (κ2) is 4.76. The van der Waals surface area contributed by atoms with Gasteiger partial charge in [-0.1, -0.05) is 12.1 Å². The first kappa shape index (κ1) is 12.9. The molecule has 104 valence electrons. The minimum Gasteiger partial charge on any atom is -0.454 e. The first-order valence-corrected chi connectivity index (χ1v) is 6.10. The summed E-state index contributed by atoms with van der Waals surface area (Å²) in [5, 5.41) is 10.2. The van der Waals surface area contributed by atoms with Crippen LogP contribution < -0.4 is 9.47 Å². The monoisotopic (exact) mass is 278 g/mol. The lowest BCUT2D eigenvalue weighted by atomic mass is 9.98. The molecule has 1 atom stereocenters. The van der Waals surface area contributed by atoms with Crippen LogP contribution >= 0.6 is 0 Å². The second-order valence-corrected chi connectivity index (χ2v) is 4.61. The molecule has 1 heterocycles. The SMILES string of the molecule is Cc1ccc(F)c(C(O)c2ccc3c(c2)OCO3)c1F. The van der Waals surface area contributed by atoms with Gasteiger partial charge in [0.25, 0.3) is 0 Å². The smallest absolute Gasteiger partial charge is 0.231 e. The zero-order chi connectivity index (χ0) is 14.3. The van der Waals surface area contributed by atoms with E-state index in [1.165, 1.54) is 19.1 Å². The molecule has 0 aromatic heterocycles. The molecule has 5 heteroatoms. The Balaban J connectivity index is 2.05. The number of hydrogen-bond donors (Lipinski definition) is 1. The van der Waals surface area contributed by atoms with Crippen molar-refractivity contribution in [3.8, 4) is 11.5 Å². The number of halogens is 2. The fourth-order valence-corrected chi connectivity index (χ4v) is 2.18. The van der Waals surface area contributed by atoms with Gasteiger partial charge < -0.3 is 14.6 Å². The maximum absolute atomic E-state index is 14.0. The van der Waals surface area contributed by atoms with Crippen molar-refractivity contribution in [1.29, 1.82) is 0 Å². The van der Waals surface area contributed by atoms with E-state index in [0.29, 0.717) is 17.1 Å². The molecule has 1 aliphatic rings. The molecule has 0 saturated carbocycles. The van der Waals surface area contributed by atoms with Crippen LogP contribution in [0.4, 0.5) is 8.78 Å². The summed E-state index contributed by atoms with van der Waals surface area (Å²) in [5.41, 5.74) is 0.266. The highest BCUT2D eigenvalue weighted by Gasteiger charge is 2.23. The van der Waals surface area contributed by atoms with Gasteiger partial charge in [-0.15, -0.1) is 0 Å². The van der Waals surface area contributed by atoms with Gasteiger partial charge in [0.05, 0.1) is 5.56 Å². The third-order valence-corrected chi connectivity index (χ3v) is 3.31. The number of benzene rings is 2. The highest BCUT2D eigenvalue weighted by Crippen LogP contribution is 2.36. The van der Waals surface area contributed by atoms with Crippen molar-refractivity contribution in [2.75, 3.05) is 6.79 Å². The van der Waals surface area contributed by atoms with Crippen LogP contribution in [0, 0.1) is 18.6 Å². The molecule has 0 fully saturated rings. The van der Waals surface area contributed by atoms with Crippen LogP contribution in [0.5, 0.6) is 11.5 Å². The van der Waals surface area contributed by atoms with Crippen molar-refractivity contribution >= 4 is 0 Å². The number of ether oxygens (including phenoxy) is 2. The molecule has 3 rings (SSSR count). The Hall–Kier alpha value is -2.14. The van der Waals surface area contributed by atoms with Crippen LogP contribution in [0.15, 0.2) is 30.3 Å². The predicted molar refractivity (Wildman–Crippen MR) is 67.7 cm³/mol. The van der Waals surface area contributed by atoms with Crippen molar-refractivity contribution in [1.82, 2.24) is 0 Å². The standard InChI is InChI=1S/C15H12F2O3/c1-8-2-4-10(16)13(14(8)17)15(18)9-3-5-11-12(6-9)20-7-19-11/h2-6,15,18H,7H2,1H3. The Morgan fingerprint density at radius 1 is 1.10 bits per heavy atom. The van der Waals surface area contributed by atoms with Crippen molar-refractivity contribution in [2.24, 2.45) is 0 Å². The van der Waals surface area contributed by atoms with Gasteiger partial charge in [-0.05, 0) is 36.2 Å². The van der Waals surface area contributed by atoms with Crippen LogP contribution in [-0.2, 0) is 0 Å². The third kappa shape index (κ3) is 2.00. The Kier molecular flexibility index (Phi) is 3.06. The highest BCUT2D eigenvalue weighted by atomic mass is 19.1. The summed E-state index contributed by atoms with van der Waals surface area (Å²) in [7, 11) is 0. The van der Waals surface area contributed by atoms with E-state index in [0.717, 1.165) is 6.07 Å². The fraction of sp³-hybridized carbons (Fsp3) is 0.200. The maximum atomic E-state index is 14.0. The molecule has 3 nitrogen and oxygen atoms in total. The van der Waals surface area contributed by atoms with Crippen molar-refractivity contribution in [3.63, 3.8) is 0 Å². The van der Waals surface area contributed by atoms with Crippen molar-refractivity contribution in [2.45, 2.75) is 13.0 Å². The van der Waals surface area contributed by atoms with E-state index in [9.17, 15) is 13.9 Å². The number of rotatable bonds is 2. The van der Waals surface area contributed by atoms with Gasteiger partial charge in [-0.3, -0.25) is 0 Å². The Bertz CT molecular complexity index is 670. The van der Waals surface area contributed by atoms with Gasteiger partial charge in [0, 0.05) is 0 Å². The summed E-state index contributed by atoms with van der Waals surface area (Å²) in [6.45, 7) is 1.62. The summed E-state index contributed by atoms with van der Waals surface area (Å²) >= 11 is 0. The average molecular weight is 278 g/mol. The quantitative estimate of drug-likeness (QED) is 0.917. The maximum Gasteiger partial charge on any atom is 0.231 e. The lowest BCUT2D eigenvalue weighted by Crippen LogP contribution is -2.07. The molecule has 2 aromatic rings. The summed E-state index contributed by atoms with van der Waals surface area (Å²) < 4.78 is 38.1. The number of aryl methyl sites for hydroxylation is 1. The lowest BCUT2D eigenvalue weighted by Gasteiger charge is -2.15. The molecule has 0 aliphatic carbocycles. The van der Waals surface area contributed by atoms with Gasteiger partial charge >= 0.3 is 0 Å². The van der Waals surface area contributed by atoms with Crippen molar-refractivity contribution in [3.05, 3.63) is 58.7 Å². The molecule has 1 aliphatic heterocycles. The van der Waals surface area contributed by atoms with Crippen LogP contribution in [0.3, 0.4) is 0 Å². The molecular weight excluding hydrogens is 266 g/mol. The van der Waals surface area contributed by atoms with Crippen LogP contribution in [0.1, 0.15) is 22.8 Å². The fourth-order valence-electron chi connectivity index (χ4n) is 2.18. The Morgan fingerprint density at radius 2 is 1.85 bits per heavy atom. The van der Waals surface area contributed by atoms with Crippen LogP contribution in [0.25, 0.3) is 0 Å². The molecule has 0 radical (unpaired) electrons. The van der Waals surface area contributed by atoms with Gasteiger partial charge in [0.15, 0.2) is 11.5 Å². The minimum atomic E-state index is -1.40. The molecule has 1 N–H and O–H groups in total. The Labute approximate surface area is 114 Å². The largest absolute Gasteiger partial charge is 0.454 e. The van der Waals surface area contributed by atoms with Gasteiger partial charge in [0.2, 0.25) is 6.79 Å². The van der Waals surface area contributed by atoms with E-state index in [4.69, 9.17) is 9.47 Å². The predicted octanol–water partition coefficient (Wildman–Crippen LogP) is 3.08. The molecule has 0 amide bonds. The van der Waals surface area contributed by atoms with Crippen LogP contribution in [-0.4, -0.2) is 11.9 Å². The number of hydrogen-bond acceptors (Lipinski definition) is 3. The first-order chi connectivity index (χ1) is 9.58. The highest BCUT2D eigenvalue weighted by molar-refractivity contribution is 5.47. The van der Waals surface area contributed by atoms with Gasteiger partial charge in [-0.2, -0.15) is 0 Å². The summed E-state index contributed by atoms with van der Waals surface area (Å²) in [6, 6.07) is 7.16. The lowest BCUT2D eigenvalue weighted by molar-refractivity contribution is 0.173. The van der Waals surface area contributed by atoms with E-state index < -0.39 is 17.7 Å². The van der Waals surface area contributed by atoms with Crippen LogP contribution in [0.2, 0.25) is 0 Å². The molecule has 0 saturated heterocycles. The van der Waals surface area contributed by atoms with Gasteiger partial charge in [-0.25, -0.2) is 8.78 Å². The third-order valence-electron chi connectivity index (χ3n) is 3.31. The van der Waals surface area contributed by atoms with Gasteiger partial charge in [0.1, 0.15) is 17.7 Å². The minimum absolute atomic E-state index is 0.0993. The molecule has 20 heavy (non-hydrogen) atoms. The summed E-state index contributed by atoms with van der Waals surface area (Å²) in [6.07, 6.45) is -1.40. The van der Waals surface area contributed by atoms with E-state index in [-0.39, 0.29) is 17.9 Å². The number of aliphatic hydroxyl groups excluding tert-OH is 1. The average Bonchev–Trinajstić information content (AvgIpc) is 2.90. The zero-order valence-corrected chi connectivity index (χ0v) is 10.7.